The van der Waals surface area contributed by atoms with Crippen LogP contribution in [0.1, 0.15) is 13.3 Å². The number of carbonyl (C=O) groups is 1. The topological polar surface area (TPSA) is 79.8 Å². The number of amides is 1. The Morgan fingerprint density at radius 1 is 1.09 bits per heavy atom. The van der Waals surface area contributed by atoms with Crippen molar-refractivity contribution in [3.63, 3.8) is 0 Å². The van der Waals surface area contributed by atoms with Gasteiger partial charge in [-0.3, -0.25) is 4.98 Å². The molecule has 0 spiro atoms. The molecule has 2 aliphatic heterocycles. The van der Waals surface area contributed by atoms with E-state index in [-0.39, 0.29) is 21.9 Å². The van der Waals surface area contributed by atoms with Gasteiger partial charge in [0.1, 0.15) is 0 Å². The van der Waals surface area contributed by atoms with Crippen LogP contribution in [0.5, 0.6) is 0 Å². The number of nitrogens with zero attached hydrogens (tertiary/aromatic N) is 3. The average Bonchev–Trinajstić information content (AvgIpc) is 3.40. The molecule has 0 N–H and O–H groups in total. The quantitative estimate of drug-likeness (QED) is 0.601. The van der Waals surface area contributed by atoms with Crippen molar-refractivity contribution in [3.8, 4) is 0 Å². The number of sulfone groups is 1. The van der Waals surface area contributed by atoms with Crippen LogP contribution in [-0.4, -0.2) is 56.7 Å². The van der Waals surface area contributed by atoms with Gasteiger partial charge in [-0.2, -0.15) is 0 Å². The number of pyridine rings is 1. The number of rotatable bonds is 4. The second-order valence-corrected chi connectivity index (χ2v) is 10.2. The maximum absolute atomic E-state index is 13.0. The monoisotopic (exact) mass is 451 g/mol. The maximum atomic E-state index is 13.0. The van der Waals surface area contributed by atoms with Crippen LogP contribution in [-0.2, 0) is 14.6 Å². The second-order valence-electron chi connectivity index (χ2n) is 8.25. The number of benzene rings is 2. The zero-order chi connectivity index (χ0) is 22.3. The number of likely N-dealkylation sites (tertiary alicyclic amines) is 1. The molecule has 2 aromatic carbocycles. The molecule has 166 valence electrons. The lowest BCUT2D eigenvalue weighted by Crippen LogP contribution is -2.37. The molecule has 0 unspecified atom stereocenters. The van der Waals surface area contributed by atoms with Crippen molar-refractivity contribution < 1.29 is 17.9 Å². The van der Waals surface area contributed by atoms with Crippen molar-refractivity contribution >= 4 is 32.5 Å². The Labute approximate surface area is 187 Å². The van der Waals surface area contributed by atoms with Crippen LogP contribution in [0.3, 0.4) is 0 Å². The number of hydrogen-bond donors (Lipinski definition) is 0. The number of fused-ring (bicyclic) bond motifs is 2. The second kappa shape index (κ2) is 8.09. The first-order chi connectivity index (χ1) is 15.5. The highest BCUT2D eigenvalue weighted by Crippen LogP contribution is 2.38. The zero-order valence-electron chi connectivity index (χ0n) is 17.8. The van der Waals surface area contributed by atoms with Crippen molar-refractivity contribution in [1.82, 2.24) is 9.88 Å². The van der Waals surface area contributed by atoms with E-state index in [1.54, 1.807) is 41.3 Å². The fourth-order valence-electron chi connectivity index (χ4n) is 4.86. The average molecular weight is 452 g/mol. The third-order valence-corrected chi connectivity index (χ3v) is 8.15. The van der Waals surface area contributed by atoms with E-state index in [9.17, 15) is 13.2 Å². The van der Waals surface area contributed by atoms with Crippen LogP contribution in [0.4, 0.5) is 10.5 Å². The number of hydrogen-bond acceptors (Lipinski definition) is 6. The minimum atomic E-state index is -3.63. The van der Waals surface area contributed by atoms with Gasteiger partial charge < -0.3 is 14.5 Å². The van der Waals surface area contributed by atoms with E-state index in [0.717, 1.165) is 29.6 Å². The Morgan fingerprint density at radius 2 is 1.91 bits per heavy atom. The smallest absolute Gasteiger partial charge is 0.409 e. The molecule has 2 fully saturated rings. The van der Waals surface area contributed by atoms with Gasteiger partial charge in [0.15, 0.2) is 0 Å². The number of ether oxygens (including phenoxy) is 1. The summed E-state index contributed by atoms with van der Waals surface area (Å²) < 4.78 is 31.2. The van der Waals surface area contributed by atoms with Crippen LogP contribution in [0, 0.1) is 5.92 Å². The van der Waals surface area contributed by atoms with Crippen LogP contribution in [0.2, 0.25) is 0 Å². The Balaban J connectivity index is 1.47. The minimum Gasteiger partial charge on any atom is -0.450 e. The third kappa shape index (κ3) is 3.48. The zero-order valence-corrected chi connectivity index (χ0v) is 18.7. The fraction of sp³-hybridized carbons (Fsp3) is 0.333. The lowest BCUT2D eigenvalue weighted by atomic mass is 10.0. The lowest BCUT2D eigenvalue weighted by molar-refractivity contribution is 0.113. The summed E-state index contributed by atoms with van der Waals surface area (Å²) in [7, 11) is -3.63. The molecule has 32 heavy (non-hydrogen) atoms. The van der Waals surface area contributed by atoms with E-state index in [1.165, 1.54) is 6.20 Å². The summed E-state index contributed by atoms with van der Waals surface area (Å²) >= 11 is 0. The molecule has 1 amide bonds. The molecular weight excluding hydrogens is 426 g/mol. The summed E-state index contributed by atoms with van der Waals surface area (Å²) in [5.74, 6) is 0.396. The number of carbonyl (C=O) groups excluding carboxylic acids is 1. The molecule has 7 nitrogen and oxygen atoms in total. The van der Waals surface area contributed by atoms with Crippen molar-refractivity contribution in [2.24, 2.45) is 5.92 Å². The highest BCUT2D eigenvalue weighted by atomic mass is 32.2. The molecule has 0 radical (unpaired) electrons. The predicted octanol–water partition coefficient (Wildman–Crippen LogP) is 3.73. The molecule has 0 saturated carbocycles. The van der Waals surface area contributed by atoms with Crippen LogP contribution in [0.25, 0.3) is 10.9 Å². The molecule has 2 atom stereocenters. The normalized spacial score (nSPS) is 20.5. The van der Waals surface area contributed by atoms with Crippen molar-refractivity contribution in [1.29, 1.82) is 0 Å². The molecule has 3 aromatic rings. The maximum Gasteiger partial charge on any atom is 0.409 e. The summed E-state index contributed by atoms with van der Waals surface area (Å²) in [6.07, 6.45) is 2.19. The van der Waals surface area contributed by atoms with E-state index in [1.807, 2.05) is 25.1 Å². The highest BCUT2D eigenvalue weighted by molar-refractivity contribution is 7.91. The summed E-state index contributed by atoms with van der Waals surface area (Å²) in [6, 6.07) is 16.2. The van der Waals surface area contributed by atoms with Gasteiger partial charge in [0.05, 0.1) is 33.6 Å². The van der Waals surface area contributed by atoms with E-state index in [0.29, 0.717) is 25.6 Å². The van der Waals surface area contributed by atoms with Gasteiger partial charge in [-0.1, -0.05) is 30.3 Å². The van der Waals surface area contributed by atoms with Crippen LogP contribution in [0.15, 0.2) is 70.6 Å². The van der Waals surface area contributed by atoms with E-state index < -0.39 is 9.84 Å². The Hall–Kier alpha value is -3.13. The molecule has 2 aliphatic rings. The highest BCUT2D eigenvalue weighted by Gasteiger charge is 2.43. The van der Waals surface area contributed by atoms with Gasteiger partial charge in [0, 0.05) is 37.1 Å². The summed E-state index contributed by atoms with van der Waals surface area (Å²) in [6.45, 7) is 4.40. The first-order valence-corrected chi connectivity index (χ1v) is 12.3. The summed E-state index contributed by atoms with van der Waals surface area (Å²) in [5, 5.41) is 0.781. The summed E-state index contributed by atoms with van der Waals surface area (Å²) in [5.41, 5.74) is 1.75. The largest absolute Gasteiger partial charge is 0.450 e. The molecule has 0 aliphatic carbocycles. The molecule has 8 heteroatoms. The minimum absolute atomic E-state index is 0.182. The predicted molar refractivity (Wildman–Crippen MR) is 121 cm³/mol. The van der Waals surface area contributed by atoms with Crippen molar-refractivity contribution in [3.05, 3.63) is 60.8 Å². The van der Waals surface area contributed by atoms with Crippen molar-refractivity contribution in [2.45, 2.75) is 29.2 Å². The van der Waals surface area contributed by atoms with Gasteiger partial charge in [-0.05, 0) is 37.6 Å². The standard InChI is InChI=1S/C24H25N3O4S/c1-2-31-24(28)26-15-18-11-12-27(22(18)16-26)21-10-6-7-17-13-20(14-25-23(17)21)32(29,30)19-8-4-3-5-9-19/h3-10,13-14,18,22H,2,11-12,15-16H2,1H3/t18-,22+/m0/s1. The van der Waals surface area contributed by atoms with Crippen LogP contribution >= 0.6 is 0 Å². The summed E-state index contributed by atoms with van der Waals surface area (Å²) in [4.78, 5) is 21.3. The third-order valence-electron chi connectivity index (χ3n) is 6.41. The number of aromatic nitrogens is 1. The SMILES string of the molecule is CCOC(=O)N1C[C@@H]2CCN(c3cccc4cc(S(=O)(=O)c5ccccc5)cnc34)[C@@H]2C1. The molecule has 3 heterocycles. The molecule has 2 saturated heterocycles. The first kappa shape index (κ1) is 20.8. The van der Waals surface area contributed by atoms with E-state index in [2.05, 4.69) is 9.88 Å². The first-order valence-electron chi connectivity index (χ1n) is 10.9. The van der Waals surface area contributed by atoms with Gasteiger partial charge in [-0.15, -0.1) is 0 Å². The Morgan fingerprint density at radius 3 is 2.69 bits per heavy atom. The van der Waals surface area contributed by atoms with Gasteiger partial charge in [-0.25, -0.2) is 13.2 Å². The molecular formula is C24H25N3O4S. The van der Waals surface area contributed by atoms with Gasteiger partial charge in [0.2, 0.25) is 9.84 Å². The Kier molecular flexibility index (Phi) is 5.25. The van der Waals surface area contributed by atoms with Gasteiger partial charge in [0.25, 0.3) is 0 Å². The molecule has 5 rings (SSSR count). The number of para-hydroxylation sites is 1. The van der Waals surface area contributed by atoms with Crippen LogP contribution < -0.4 is 4.90 Å². The van der Waals surface area contributed by atoms with Crippen molar-refractivity contribution in [2.75, 3.05) is 31.1 Å². The Bertz CT molecular complexity index is 1260. The van der Waals surface area contributed by atoms with E-state index >= 15 is 0 Å². The molecule has 1 aromatic heterocycles. The van der Waals surface area contributed by atoms with E-state index in [4.69, 9.17) is 4.74 Å². The fourth-order valence-corrected chi connectivity index (χ4v) is 6.12. The van der Waals surface area contributed by atoms with Gasteiger partial charge >= 0.3 is 6.09 Å². The molecule has 0 bridgehead atoms. The number of anilines is 1. The lowest BCUT2D eigenvalue weighted by Gasteiger charge is -2.27.